The molecule has 0 atom stereocenters. The summed E-state index contributed by atoms with van der Waals surface area (Å²) in [5, 5.41) is 0. The number of rotatable bonds is 6. The molecule has 4 nitrogen and oxygen atoms in total. The van der Waals surface area contributed by atoms with E-state index in [1.807, 2.05) is 72.6 Å². The maximum Gasteiger partial charge on any atom is 0.234 e. The molecule has 1 aliphatic rings. The molecule has 3 aromatic carbocycles. The van der Waals surface area contributed by atoms with Gasteiger partial charge >= 0.3 is 0 Å². The summed E-state index contributed by atoms with van der Waals surface area (Å²) in [6.07, 6.45) is 0. The summed E-state index contributed by atoms with van der Waals surface area (Å²) in [6, 6.07) is 28.6. The minimum Gasteiger partial charge on any atom is -0.378 e. The van der Waals surface area contributed by atoms with Crippen molar-refractivity contribution in [1.29, 1.82) is 0 Å². The second-order valence-corrected chi connectivity index (χ2v) is 7.71. The minimum atomic E-state index is -0.301. The number of ether oxygens (including phenoxy) is 1. The van der Waals surface area contributed by atoms with Gasteiger partial charge in [0.25, 0.3) is 0 Å². The summed E-state index contributed by atoms with van der Waals surface area (Å²) in [5.41, 5.74) is 4.37. The standard InChI is InChI=1S/C26H28N2O2/c1-27(20-21-12-14-24(15-13-21)28-16-18-30-19-17-28)26(29)25(22-8-4-2-5-9-22)23-10-6-3-7-11-23/h2-15,25H,16-20H2,1H3. The van der Waals surface area contributed by atoms with Crippen molar-refractivity contribution in [3.05, 3.63) is 102 Å². The molecule has 1 fully saturated rings. The summed E-state index contributed by atoms with van der Waals surface area (Å²) >= 11 is 0. The van der Waals surface area contributed by atoms with Gasteiger partial charge in [-0.25, -0.2) is 0 Å². The van der Waals surface area contributed by atoms with Crippen molar-refractivity contribution in [2.24, 2.45) is 0 Å². The fourth-order valence-corrected chi connectivity index (χ4v) is 3.97. The van der Waals surface area contributed by atoms with E-state index in [2.05, 4.69) is 29.2 Å². The molecular weight excluding hydrogens is 372 g/mol. The van der Waals surface area contributed by atoms with Gasteiger partial charge in [-0.05, 0) is 28.8 Å². The predicted octanol–water partition coefficient (Wildman–Crippen LogP) is 4.31. The topological polar surface area (TPSA) is 32.8 Å². The van der Waals surface area contributed by atoms with Gasteiger partial charge < -0.3 is 14.5 Å². The van der Waals surface area contributed by atoms with Gasteiger partial charge in [-0.2, -0.15) is 0 Å². The highest BCUT2D eigenvalue weighted by molar-refractivity contribution is 5.87. The van der Waals surface area contributed by atoms with Gasteiger partial charge in [-0.3, -0.25) is 4.79 Å². The molecule has 0 saturated carbocycles. The fourth-order valence-electron chi connectivity index (χ4n) is 3.97. The van der Waals surface area contributed by atoms with Crippen LogP contribution >= 0.6 is 0 Å². The molecule has 4 heteroatoms. The Balaban J connectivity index is 1.49. The molecule has 0 radical (unpaired) electrons. The Hall–Kier alpha value is -3.11. The van der Waals surface area contributed by atoms with Gasteiger partial charge in [0.2, 0.25) is 5.91 Å². The Morgan fingerprint density at radius 2 is 1.40 bits per heavy atom. The smallest absolute Gasteiger partial charge is 0.234 e. The zero-order chi connectivity index (χ0) is 20.8. The van der Waals surface area contributed by atoms with E-state index in [9.17, 15) is 4.79 Å². The zero-order valence-corrected chi connectivity index (χ0v) is 17.4. The average molecular weight is 401 g/mol. The van der Waals surface area contributed by atoms with Crippen molar-refractivity contribution in [2.75, 3.05) is 38.3 Å². The van der Waals surface area contributed by atoms with Crippen LogP contribution in [0.5, 0.6) is 0 Å². The number of carbonyl (C=O) groups excluding carboxylic acids is 1. The van der Waals surface area contributed by atoms with Crippen LogP contribution in [-0.2, 0) is 16.1 Å². The summed E-state index contributed by atoms with van der Waals surface area (Å²) in [5.74, 6) is -0.199. The lowest BCUT2D eigenvalue weighted by molar-refractivity contribution is -0.131. The number of carbonyl (C=O) groups is 1. The first kappa shape index (κ1) is 20.2. The second-order valence-electron chi connectivity index (χ2n) is 7.71. The van der Waals surface area contributed by atoms with Crippen LogP contribution in [0, 0.1) is 0 Å². The van der Waals surface area contributed by atoms with Gasteiger partial charge in [-0.1, -0.05) is 72.8 Å². The third-order valence-corrected chi connectivity index (χ3v) is 5.62. The molecule has 4 rings (SSSR count). The number of nitrogens with zero attached hydrogens (tertiary/aromatic N) is 2. The molecule has 1 aliphatic heterocycles. The first-order valence-electron chi connectivity index (χ1n) is 10.5. The Bertz CT molecular complexity index is 896. The van der Waals surface area contributed by atoms with Gasteiger partial charge in [0.05, 0.1) is 19.1 Å². The van der Waals surface area contributed by atoms with Gasteiger partial charge in [0, 0.05) is 32.4 Å². The number of benzene rings is 3. The third kappa shape index (κ3) is 4.71. The Labute approximate surface area is 178 Å². The summed E-state index contributed by atoms with van der Waals surface area (Å²) in [4.78, 5) is 17.6. The van der Waals surface area contributed by atoms with E-state index < -0.39 is 0 Å². The number of anilines is 1. The maximum atomic E-state index is 13.5. The number of hydrogen-bond acceptors (Lipinski definition) is 3. The molecule has 0 aromatic heterocycles. The van der Waals surface area contributed by atoms with E-state index in [4.69, 9.17) is 4.74 Å². The van der Waals surface area contributed by atoms with Crippen molar-refractivity contribution >= 4 is 11.6 Å². The van der Waals surface area contributed by atoms with Crippen molar-refractivity contribution in [3.8, 4) is 0 Å². The van der Waals surface area contributed by atoms with Crippen LogP contribution in [0.25, 0.3) is 0 Å². The zero-order valence-electron chi connectivity index (χ0n) is 17.4. The number of hydrogen-bond donors (Lipinski definition) is 0. The van der Waals surface area contributed by atoms with E-state index in [0.717, 1.165) is 43.0 Å². The van der Waals surface area contributed by atoms with E-state index in [1.165, 1.54) is 5.69 Å². The Kier molecular flexibility index (Phi) is 6.45. The largest absolute Gasteiger partial charge is 0.378 e. The summed E-state index contributed by atoms with van der Waals surface area (Å²) in [6.45, 7) is 3.98. The molecule has 1 amide bonds. The van der Waals surface area contributed by atoms with E-state index >= 15 is 0 Å². The van der Waals surface area contributed by atoms with Crippen LogP contribution in [0.1, 0.15) is 22.6 Å². The molecule has 1 saturated heterocycles. The first-order chi connectivity index (χ1) is 14.7. The quantitative estimate of drug-likeness (QED) is 0.618. The van der Waals surface area contributed by atoms with Crippen molar-refractivity contribution in [2.45, 2.75) is 12.5 Å². The first-order valence-corrected chi connectivity index (χ1v) is 10.5. The second kappa shape index (κ2) is 9.59. The van der Waals surface area contributed by atoms with Crippen LogP contribution in [0.3, 0.4) is 0 Å². The number of likely N-dealkylation sites (N-methyl/N-ethyl adjacent to an activating group) is 1. The van der Waals surface area contributed by atoms with Crippen LogP contribution in [0.2, 0.25) is 0 Å². The number of amides is 1. The van der Waals surface area contributed by atoms with Crippen LogP contribution < -0.4 is 4.90 Å². The Morgan fingerprint density at radius 1 is 0.867 bits per heavy atom. The molecule has 0 unspecified atom stereocenters. The van der Waals surface area contributed by atoms with Crippen LogP contribution in [0.4, 0.5) is 5.69 Å². The number of morpholine rings is 1. The predicted molar refractivity (Wildman–Crippen MR) is 121 cm³/mol. The normalized spacial score (nSPS) is 14.0. The molecule has 30 heavy (non-hydrogen) atoms. The van der Waals surface area contributed by atoms with E-state index in [-0.39, 0.29) is 11.8 Å². The van der Waals surface area contributed by atoms with E-state index in [0.29, 0.717) is 6.54 Å². The maximum absolute atomic E-state index is 13.5. The van der Waals surface area contributed by atoms with Gasteiger partial charge in [-0.15, -0.1) is 0 Å². The van der Waals surface area contributed by atoms with Crippen molar-refractivity contribution in [3.63, 3.8) is 0 Å². The highest BCUT2D eigenvalue weighted by atomic mass is 16.5. The van der Waals surface area contributed by atoms with Gasteiger partial charge in [0.15, 0.2) is 0 Å². The van der Waals surface area contributed by atoms with Crippen LogP contribution in [-0.4, -0.2) is 44.2 Å². The monoisotopic (exact) mass is 400 g/mol. The molecule has 154 valence electrons. The average Bonchev–Trinajstić information content (AvgIpc) is 2.82. The van der Waals surface area contributed by atoms with E-state index in [1.54, 1.807) is 0 Å². The molecule has 0 bridgehead atoms. The lowest BCUT2D eigenvalue weighted by Crippen LogP contribution is -2.36. The molecule has 0 aliphatic carbocycles. The third-order valence-electron chi connectivity index (χ3n) is 5.62. The lowest BCUT2D eigenvalue weighted by atomic mass is 9.90. The minimum absolute atomic E-state index is 0.102. The van der Waals surface area contributed by atoms with Crippen molar-refractivity contribution in [1.82, 2.24) is 4.90 Å². The van der Waals surface area contributed by atoms with Gasteiger partial charge in [0.1, 0.15) is 0 Å². The molecule has 3 aromatic rings. The SMILES string of the molecule is CN(Cc1ccc(N2CCOCC2)cc1)C(=O)C(c1ccccc1)c1ccccc1. The Morgan fingerprint density at radius 3 is 1.93 bits per heavy atom. The summed E-state index contributed by atoms with van der Waals surface area (Å²) in [7, 11) is 1.89. The molecule has 0 N–H and O–H groups in total. The highest BCUT2D eigenvalue weighted by Gasteiger charge is 2.25. The molecule has 1 heterocycles. The molecular formula is C26H28N2O2. The fraction of sp³-hybridized carbons (Fsp3) is 0.269. The van der Waals surface area contributed by atoms with Crippen molar-refractivity contribution < 1.29 is 9.53 Å². The van der Waals surface area contributed by atoms with Crippen LogP contribution in [0.15, 0.2) is 84.9 Å². The summed E-state index contributed by atoms with van der Waals surface area (Å²) < 4.78 is 5.43. The molecule has 0 spiro atoms. The lowest BCUT2D eigenvalue weighted by Gasteiger charge is -2.29. The highest BCUT2D eigenvalue weighted by Crippen LogP contribution is 2.27.